The maximum atomic E-state index is 13.8. The van der Waals surface area contributed by atoms with Crippen molar-refractivity contribution in [1.29, 1.82) is 0 Å². The molecule has 1 aromatic carbocycles. The zero-order chi connectivity index (χ0) is 14.0. The molecule has 6 heteroatoms. The van der Waals surface area contributed by atoms with Crippen molar-refractivity contribution in [1.82, 2.24) is 4.98 Å². The number of ether oxygens (including phenoxy) is 1. The van der Waals surface area contributed by atoms with Crippen molar-refractivity contribution in [2.75, 3.05) is 0 Å². The first kappa shape index (κ1) is 13.5. The Hall–Kier alpha value is -1.95. The molecule has 0 radical (unpaired) electrons. The van der Waals surface area contributed by atoms with E-state index in [9.17, 15) is 9.18 Å². The van der Waals surface area contributed by atoms with Gasteiger partial charge in [0.25, 0.3) is 5.88 Å². The average molecular weight is 326 g/mol. The van der Waals surface area contributed by atoms with Crippen LogP contribution in [0.25, 0.3) is 0 Å². The number of halogens is 2. The molecule has 0 fully saturated rings. The Bertz CT molecular complexity index is 646. The maximum absolute atomic E-state index is 13.8. The fourth-order valence-electron chi connectivity index (χ4n) is 1.49. The van der Waals surface area contributed by atoms with Crippen LogP contribution in [0.5, 0.6) is 11.6 Å². The van der Waals surface area contributed by atoms with Crippen LogP contribution < -0.4 is 4.74 Å². The fourth-order valence-corrected chi connectivity index (χ4v) is 1.97. The number of nitrogens with zero attached hydrogens (tertiary/aromatic N) is 1. The summed E-state index contributed by atoms with van der Waals surface area (Å²) in [5.41, 5.74) is 0.302. The van der Waals surface area contributed by atoms with Gasteiger partial charge in [0.2, 0.25) is 0 Å². The largest absolute Gasteiger partial charge is 0.478 e. The Labute approximate surface area is 117 Å². The number of aryl methyl sites for hydroxylation is 1. The Morgan fingerprint density at radius 2 is 2.16 bits per heavy atom. The monoisotopic (exact) mass is 325 g/mol. The molecule has 19 heavy (non-hydrogen) atoms. The average Bonchev–Trinajstić information content (AvgIpc) is 2.34. The first-order valence-electron chi connectivity index (χ1n) is 5.31. The van der Waals surface area contributed by atoms with Crippen molar-refractivity contribution in [2.45, 2.75) is 6.92 Å². The number of carboxylic acids is 1. The Morgan fingerprint density at radius 3 is 2.79 bits per heavy atom. The maximum Gasteiger partial charge on any atom is 0.338 e. The van der Waals surface area contributed by atoms with Crippen LogP contribution in [-0.2, 0) is 0 Å². The van der Waals surface area contributed by atoms with Gasteiger partial charge in [-0.2, -0.15) is 0 Å². The van der Waals surface area contributed by atoms with E-state index < -0.39 is 17.3 Å². The van der Waals surface area contributed by atoms with Crippen molar-refractivity contribution in [3.05, 3.63) is 51.9 Å². The summed E-state index contributed by atoms with van der Waals surface area (Å²) in [6, 6.07) is 6.27. The van der Waals surface area contributed by atoms with Gasteiger partial charge in [0.15, 0.2) is 5.82 Å². The SMILES string of the molecule is Cc1cc(Br)ccc1Oc1nccc(C(=O)O)c1F. The number of hydrogen-bond donors (Lipinski definition) is 1. The van der Waals surface area contributed by atoms with Crippen LogP contribution >= 0.6 is 15.9 Å². The van der Waals surface area contributed by atoms with Crippen LogP contribution in [0.15, 0.2) is 34.9 Å². The highest BCUT2D eigenvalue weighted by molar-refractivity contribution is 9.10. The van der Waals surface area contributed by atoms with Crippen LogP contribution in [0.4, 0.5) is 4.39 Å². The summed E-state index contributed by atoms with van der Waals surface area (Å²) in [6.07, 6.45) is 1.19. The van der Waals surface area contributed by atoms with Gasteiger partial charge in [-0.15, -0.1) is 0 Å². The number of aromatic nitrogens is 1. The molecule has 0 unspecified atom stereocenters. The van der Waals surface area contributed by atoms with E-state index in [0.29, 0.717) is 5.75 Å². The molecule has 4 nitrogen and oxygen atoms in total. The predicted octanol–water partition coefficient (Wildman–Crippen LogP) is 3.78. The van der Waals surface area contributed by atoms with Crippen LogP contribution in [0.1, 0.15) is 15.9 Å². The lowest BCUT2D eigenvalue weighted by Gasteiger charge is -2.09. The molecule has 1 heterocycles. The number of carboxylic acid groups (broad SMARTS) is 1. The first-order valence-corrected chi connectivity index (χ1v) is 6.10. The molecule has 1 N–H and O–H groups in total. The molecule has 98 valence electrons. The molecule has 0 aliphatic rings. The summed E-state index contributed by atoms with van der Waals surface area (Å²) in [6.45, 7) is 1.79. The van der Waals surface area contributed by atoms with E-state index in [0.717, 1.165) is 16.1 Å². The van der Waals surface area contributed by atoms with Crippen molar-refractivity contribution in [3.63, 3.8) is 0 Å². The minimum atomic E-state index is -1.36. The van der Waals surface area contributed by atoms with E-state index in [1.807, 2.05) is 0 Å². The molecule has 1 aromatic heterocycles. The second-order valence-electron chi connectivity index (χ2n) is 3.79. The number of carbonyl (C=O) groups is 1. The summed E-state index contributed by atoms with van der Waals surface area (Å²) in [5, 5.41) is 8.82. The zero-order valence-corrected chi connectivity index (χ0v) is 11.4. The molecule has 0 saturated heterocycles. The molecule has 2 rings (SSSR count). The van der Waals surface area contributed by atoms with Crippen LogP contribution in [-0.4, -0.2) is 16.1 Å². The van der Waals surface area contributed by atoms with Gasteiger partial charge < -0.3 is 9.84 Å². The molecule has 0 bridgehead atoms. The predicted molar refractivity (Wildman–Crippen MR) is 70.1 cm³/mol. The number of pyridine rings is 1. The molecule has 0 atom stereocenters. The normalized spacial score (nSPS) is 10.3. The van der Waals surface area contributed by atoms with Crippen LogP contribution in [0.3, 0.4) is 0 Å². The van der Waals surface area contributed by atoms with Gasteiger partial charge in [-0.1, -0.05) is 15.9 Å². The van der Waals surface area contributed by atoms with E-state index >= 15 is 0 Å². The van der Waals surface area contributed by atoms with Gasteiger partial charge in [-0.05, 0) is 36.8 Å². The molecule has 0 saturated carbocycles. The second kappa shape index (κ2) is 5.36. The van der Waals surface area contributed by atoms with Crippen molar-refractivity contribution < 1.29 is 19.0 Å². The van der Waals surface area contributed by atoms with Gasteiger partial charge in [0.05, 0.1) is 0 Å². The zero-order valence-electron chi connectivity index (χ0n) is 9.85. The summed E-state index contributed by atoms with van der Waals surface area (Å²) < 4.78 is 20.0. The lowest BCUT2D eigenvalue weighted by molar-refractivity contribution is 0.0690. The number of benzene rings is 1. The fraction of sp³-hybridized carbons (Fsp3) is 0.0769. The molecule has 0 aliphatic carbocycles. The van der Waals surface area contributed by atoms with E-state index in [1.54, 1.807) is 25.1 Å². The third-order valence-electron chi connectivity index (χ3n) is 2.43. The molecular formula is C13H9BrFNO3. The smallest absolute Gasteiger partial charge is 0.338 e. The third-order valence-corrected chi connectivity index (χ3v) is 2.92. The highest BCUT2D eigenvalue weighted by Gasteiger charge is 2.17. The van der Waals surface area contributed by atoms with Crippen LogP contribution in [0, 0.1) is 12.7 Å². The molecule has 0 aliphatic heterocycles. The van der Waals surface area contributed by atoms with Gasteiger partial charge >= 0.3 is 5.97 Å². The summed E-state index contributed by atoms with van der Waals surface area (Å²) in [5.74, 6) is -2.29. The van der Waals surface area contributed by atoms with Crippen molar-refractivity contribution in [2.24, 2.45) is 0 Å². The molecule has 0 spiro atoms. The van der Waals surface area contributed by atoms with Gasteiger partial charge in [0.1, 0.15) is 11.3 Å². The third kappa shape index (κ3) is 2.90. The summed E-state index contributed by atoms with van der Waals surface area (Å²) in [7, 11) is 0. The topological polar surface area (TPSA) is 59.4 Å². The number of rotatable bonds is 3. The lowest BCUT2D eigenvalue weighted by Crippen LogP contribution is -2.03. The van der Waals surface area contributed by atoms with Crippen molar-refractivity contribution in [3.8, 4) is 11.6 Å². The van der Waals surface area contributed by atoms with Crippen LogP contribution in [0.2, 0.25) is 0 Å². The molecule has 0 amide bonds. The Morgan fingerprint density at radius 1 is 1.42 bits per heavy atom. The highest BCUT2D eigenvalue weighted by Crippen LogP contribution is 2.28. The van der Waals surface area contributed by atoms with Gasteiger partial charge in [0, 0.05) is 10.7 Å². The standard InChI is InChI=1S/C13H9BrFNO3/c1-7-6-8(14)2-3-10(7)19-12-11(15)9(13(17)18)4-5-16-12/h2-6H,1H3,(H,17,18). The molecular weight excluding hydrogens is 317 g/mol. The minimum absolute atomic E-state index is 0.356. The van der Waals surface area contributed by atoms with E-state index in [4.69, 9.17) is 9.84 Å². The van der Waals surface area contributed by atoms with Crippen molar-refractivity contribution >= 4 is 21.9 Å². The Balaban J connectivity index is 2.38. The summed E-state index contributed by atoms with van der Waals surface area (Å²) in [4.78, 5) is 14.5. The molecule has 2 aromatic rings. The van der Waals surface area contributed by atoms with Gasteiger partial charge in [-0.3, -0.25) is 0 Å². The quantitative estimate of drug-likeness (QED) is 0.932. The van der Waals surface area contributed by atoms with Gasteiger partial charge in [-0.25, -0.2) is 14.2 Å². The highest BCUT2D eigenvalue weighted by atomic mass is 79.9. The lowest BCUT2D eigenvalue weighted by atomic mass is 10.2. The second-order valence-corrected chi connectivity index (χ2v) is 4.71. The summed E-state index contributed by atoms with van der Waals surface area (Å²) >= 11 is 3.30. The number of aromatic carboxylic acids is 1. The van der Waals surface area contributed by atoms with E-state index in [2.05, 4.69) is 20.9 Å². The Kier molecular flexibility index (Phi) is 3.80. The number of hydrogen-bond acceptors (Lipinski definition) is 3. The van der Waals surface area contributed by atoms with E-state index in [1.165, 1.54) is 6.20 Å². The van der Waals surface area contributed by atoms with E-state index in [-0.39, 0.29) is 5.88 Å². The first-order chi connectivity index (χ1) is 8.99. The minimum Gasteiger partial charge on any atom is -0.478 e.